The number of primary amides is 1. The highest BCUT2D eigenvalue weighted by molar-refractivity contribution is 5.77. The Labute approximate surface area is 88.1 Å². The fourth-order valence-electron chi connectivity index (χ4n) is 1.26. The molecule has 1 fully saturated rings. The first kappa shape index (κ1) is 11.9. The van der Waals surface area contributed by atoms with Crippen LogP contribution in [0.15, 0.2) is 0 Å². The van der Waals surface area contributed by atoms with E-state index in [-0.39, 0.29) is 19.1 Å². The first-order valence-corrected chi connectivity index (χ1v) is 4.91. The molecule has 0 saturated carbocycles. The van der Waals surface area contributed by atoms with Gasteiger partial charge in [-0.3, -0.25) is 14.9 Å². The molecule has 1 aliphatic heterocycles. The third-order valence-corrected chi connectivity index (χ3v) is 2.07. The van der Waals surface area contributed by atoms with Crippen molar-refractivity contribution in [3.63, 3.8) is 0 Å². The van der Waals surface area contributed by atoms with Crippen LogP contribution in [-0.2, 0) is 19.1 Å². The molecule has 86 valence electrons. The average molecular weight is 216 g/mol. The Morgan fingerprint density at radius 3 is 2.87 bits per heavy atom. The molecule has 1 atom stereocenters. The van der Waals surface area contributed by atoms with E-state index >= 15 is 0 Å². The van der Waals surface area contributed by atoms with Crippen molar-refractivity contribution in [1.29, 1.82) is 0 Å². The van der Waals surface area contributed by atoms with Gasteiger partial charge in [0, 0.05) is 12.5 Å². The van der Waals surface area contributed by atoms with Crippen molar-refractivity contribution >= 4 is 11.9 Å². The third-order valence-electron chi connectivity index (χ3n) is 2.07. The van der Waals surface area contributed by atoms with E-state index < -0.39 is 5.91 Å². The van der Waals surface area contributed by atoms with Gasteiger partial charge in [0.05, 0.1) is 26.3 Å². The van der Waals surface area contributed by atoms with Gasteiger partial charge in [-0.15, -0.1) is 0 Å². The standard InChI is InChI=1S/C9H16N2O4/c10-8(12)3-11-4-9(13)15-6-7-1-2-14-5-7/h7,11H,1-6H2,(H2,10,12). The fourth-order valence-corrected chi connectivity index (χ4v) is 1.26. The molecule has 0 bridgehead atoms. The smallest absolute Gasteiger partial charge is 0.319 e. The maximum atomic E-state index is 11.1. The van der Waals surface area contributed by atoms with Gasteiger partial charge in [0.1, 0.15) is 0 Å². The fraction of sp³-hybridized carbons (Fsp3) is 0.778. The molecule has 1 saturated heterocycles. The van der Waals surface area contributed by atoms with Gasteiger partial charge in [0.15, 0.2) is 0 Å². The van der Waals surface area contributed by atoms with Crippen molar-refractivity contribution in [2.45, 2.75) is 6.42 Å². The lowest BCUT2D eigenvalue weighted by Gasteiger charge is -2.08. The minimum Gasteiger partial charge on any atom is -0.464 e. The normalized spacial score (nSPS) is 20.1. The largest absolute Gasteiger partial charge is 0.464 e. The SMILES string of the molecule is NC(=O)CNCC(=O)OCC1CCOC1. The summed E-state index contributed by atoms with van der Waals surface area (Å²) >= 11 is 0. The molecular weight excluding hydrogens is 200 g/mol. The van der Waals surface area contributed by atoms with Crippen molar-refractivity contribution in [2.24, 2.45) is 11.7 Å². The summed E-state index contributed by atoms with van der Waals surface area (Å²) in [6.45, 7) is 1.78. The van der Waals surface area contributed by atoms with Crippen LogP contribution in [0.5, 0.6) is 0 Å². The summed E-state index contributed by atoms with van der Waals surface area (Å²) in [5.41, 5.74) is 4.88. The molecular formula is C9H16N2O4. The zero-order valence-electron chi connectivity index (χ0n) is 8.53. The predicted octanol–water partition coefficient (Wildman–Crippen LogP) is -1.36. The van der Waals surface area contributed by atoms with Crippen LogP contribution in [0.4, 0.5) is 0 Å². The maximum Gasteiger partial charge on any atom is 0.319 e. The summed E-state index contributed by atoms with van der Waals surface area (Å²) in [6.07, 6.45) is 0.933. The van der Waals surface area contributed by atoms with E-state index in [0.717, 1.165) is 13.0 Å². The molecule has 0 aromatic heterocycles. The second-order valence-electron chi connectivity index (χ2n) is 3.48. The quantitative estimate of drug-likeness (QED) is 0.535. The van der Waals surface area contributed by atoms with Crippen LogP contribution in [0.25, 0.3) is 0 Å². The van der Waals surface area contributed by atoms with Gasteiger partial charge < -0.3 is 15.2 Å². The first-order valence-electron chi connectivity index (χ1n) is 4.91. The Hall–Kier alpha value is -1.14. The van der Waals surface area contributed by atoms with E-state index in [1.54, 1.807) is 0 Å². The van der Waals surface area contributed by atoms with Crippen LogP contribution in [0.3, 0.4) is 0 Å². The second kappa shape index (κ2) is 6.36. The van der Waals surface area contributed by atoms with Gasteiger partial charge in [-0.05, 0) is 6.42 Å². The zero-order chi connectivity index (χ0) is 11.1. The number of carbonyl (C=O) groups excluding carboxylic acids is 2. The molecule has 1 aliphatic rings. The monoisotopic (exact) mass is 216 g/mol. The van der Waals surface area contributed by atoms with Gasteiger partial charge in [-0.1, -0.05) is 0 Å². The topological polar surface area (TPSA) is 90.7 Å². The van der Waals surface area contributed by atoms with Crippen LogP contribution >= 0.6 is 0 Å². The molecule has 6 nitrogen and oxygen atoms in total. The number of nitrogens with two attached hydrogens (primary N) is 1. The van der Waals surface area contributed by atoms with E-state index in [9.17, 15) is 9.59 Å². The highest BCUT2D eigenvalue weighted by Crippen LogP contribution is 2.11. The summed E-state index contributed by atoms with van der Waals surface area (Å²) in [4.78, 5) is 21.4. The van der Waals surface area contributed by atoms with Crippen LogP contribution in [0.2, 0.25) is 0 Å². The molecule has 1 heterocycles. The van der Waals surface area contributed by atoms with Crippen molar-refractivity contribution in [3.05, 3.63) is 0 Å². The van der Waals surface area contributed by atoms with E-state index in [1.165, 1.54) is 0 Å². The summed E-state index contributed by atoms with van der Waals surface area (Å²) in [6, 6.07) is 0. The third kappa shape index (κ3) is 5.34. The molecule has 0 radical (unpaired) electrons. The second-order valence-corrected chi connectivity index (χ2v) is 3.48. The Morgan fingerprint density at radius 2 is 2.27 bits per heavy atom. The van der Waals surface area contributed by atoms with Crippen molar-refractivity contribution < 1.29 is 19.1 Å². The van der Waals surface area contributed by atoms with Crippen molar-refractivity contribution in [2.75, 3.05) is 32.9 Å². The number of hydrogen-bond donors (Lipinski definition) is 2. The summed E-state index contributed by atoms with van der Waals surface area (Å²) < 4.78 is 10.1. The number of rotatable bonds is 6. The molecule has 0 aromatic rings. The van der Waals surface area contributed by atoms with E-state index in [2.05, 4.69) is 5.32 Å². The highest BCUT2D eigenvalue weighted by Gasteiger charge is 2.17. The number of nitrogens with one attached hydrogen (secondary N) is 1. The summed E-state index contributed by atoms with van der Waals surface area (Å²) in [7, 11) is 0. The average Bonchev–Trinajstić information content (AvgIpc) is 2.66. The minimum absolute atomic E-state index is 0.0104. The Bertz CT molecular complexity index is 226. The van der Waals surface area contributed by atoms with Crippen LogP contribution < -0.4 is 11.1 Å². The lowest BCUT2D eigenvalue weighted by atomic mass is 10.1. The Kier molecular flexibility index (Phi) is 5.06. The number of hydrogen-bond acceptors (Lipinski definition) is 5. The Balaban J connectivity index is 2.00. The number of amides is 1. The lowest BCUT2D eigenvalue weighted by Crippen LogP contribution is -2.33. The molecule has 0 aliphatic carbocycles. The Morgan fingerprint density at radius 1 is 1.47 bits per heavy atom. The highest BCUT2D eigenvalue weighted by atomic mass is 16.5. The van der Waals surface area contributed by atoms with Crippen LogP contribution in [-0.4, -0.2) is 44.8 Å². The van der Waals surface area contributed by atoms with Gasteiger partial charge in [0.25, 0.3) is 0 Å². The van der Waals surface area contributed by atoms with Crippen molar-refractivity contribution in [3.8, 4) is 0 Å². The number of esters is 1. The molecule has 0 spiro atoms. The van der Waals surface area contributed by atoms with Crippen molar-refractivity contribution in [1.82, 2.24) is 5.32 Å². The molecule has 1 rings (SSSR count). The number of ether oxygens (including phenoxy) is 2. The number of carbonyl (C=O) groups is 2. The molecule has 6 heteroatoms. The van der Waals surface area contributed by atoms with Crippen LogP contribution in [0, 0.1) is 5.92 Å². The van der Waals surface area contributed by atoms with E-state index in [4.69, 9.17) is 15.2 Å². The minimum atomic E-state index is -0.494. The molecule has 0 aromatic carbocycles. The van der Waals surface area contributed by atoms with E-state index in [1.807, 2.05) is 0 Å². The van der Waals surface area contributed by atoms with Gasteiger partial charge in [0.2, 0.25) is 5.91 Å². The molecule has 3 N–H and O–H groups in total. The molecule has 1 unspecified atom stereocenters. The summed E-state index contributed by atoms with van der Waals surface area (Å²) in [5, 5.41) is 2.58. The summed E-state index contributed by atoms with van der Waals surface area (Å²) in [5.74, 6) is -0.555. The lowest BCUT2D eigenvalue weighted by molar-refractivity contribution is -0.143. The maximum absolute atomic E-state index is 11.1. The zero-order valence-corrected chi connectivity index (χ0v) is 8.53. The van der Waals surface area contributed by atoms with E-state index in [0.29, 0.717) is 19.1 Å². The first-order chi connectivity index (χ1) is 7.18. The molecule has 1 amide bonds. The van der Waals surface area contributed by atoms with Gasteiger partial charge in [-0.25, -0.2) is 0 Å². The molecule has 15 heavy (non-hydrogen) atoms. The van der Waals surface area contributed by atoms with Gasteiger partial charge in [-0.2, -0.15) is 0 Å². The predicted molar refractivity (Wildman–Crippen MR) is 51.9 cm³/mol. The van der Waals surface area contributed by atoms with Crippen LogP contribution in [0.1, 0.15) is 6.42 Å². The van der Waals surface area contributed by atoms with Gasteiger partial charge >= 0.3 is 5.97 Å².